The van der Waals surface area contributed by atoms with Gasteiger partial charge in [-0.15, -0.1) is 0 Å². The van der Waals surface area contributed by atoms with Gasteiger partial charge in [-0.25, -0.2) is 0 Å². The maximum atomic E-state index is 9.20. The zero-order valence-electron chi connectivity index (χ0n) is 8.70. The Hall–Kier alpha value is -0.680. The third-order valence-corrected chi connectivity index (χ3v) is 2.45. The van der Waals surface area contributed by atoms with Gasteiger partial charge in [0.15, 0.2) is 5.75 Å². The summed E-state index contributed by atoms with van der Waals surface area (Å²) in [5.74, 6) is 0.455. The third kappa shape index (κ3) is 3.42. The molecule has 0 aliphatic rings. The van der Waals surface area contributed by atoms with Crippen molar-refractivity contribution < 1.29 is 14.9 Å². The molecule has 0 aromatic heterocycles. The zero-order chi connectivity index (χ0) is 12.1. The first-order valence-corrected chi connectivity index (χ1v) is 5.40. The number of benzene rings is 1. The smallest absolute Gasteiger partial charge is 0.160 e. The molecule has 1 unspecified atom stereocenters. The maximum absolute atomic E-state index is 9.20. The minimum absolute atomic E-state index is 0.184. The van der Waals surface area contributed by atoms with E-state index < -0.39 is 6.10 Å². The number of methoxy groups -OCH3 is 1. The monoisotopic (exact) mass is 265 g/mol. The van der Waals surface area contributed by atoms with Crippen LogP contribution in [-0.4, -0.2) is 36.6 Å². The lowest BCUT2D eigenvalue weighted by molar-refractivity contribution is 0.105. The van der Waals surface area contributed by atoms with Crippen LogP contribution >= 0.6 is 23.2 Å². The van der Waals surface area contributed by atoms with E-state index in [0.29, 0.717) is 21.5 Å². The van der Waals surface area contributed by atoms with E-state index in [-0.39, 0.29) is 13.2 Å². The molecule has 0 fully saturated rings. The van der Waals surface area contributed by atoms with Crippen LogP contribution in [0.2, 0.25) is 10.0 Å². The summed E-state index contributed by atoms with van der Waals surface area (Å²) in [5.41, 5.74) is 0.576. The number of halogens is 2. The zero-order valence-corrected chi connectivity index (χ0v) is 10.2. The minimum Gasteiger partial charge on any atom is -0.493 e. The molecule has 0 spiro atoms. The highest BCUT2D eigenvalue weighted by Gasteiger charge is 2.10. The first-order chi connectivity index (χ1) is 7.58. The molecule has 1 rings (SSSR count). The van der Waals surface area contributed by atoms with Crippen molar-refractivity contribution in [2.75, 3.05) is 25.6 Å². The van der Waals surface area contributed by atoms with Crippen molar-refractivity contribution in [3.63, 3.8) is 0 Å². The molecule has 6 heteroatoms. The van der Waals surface area contributed by atoms with Crippen LogP contribution in [0.25, 0.3) is 0 Å². The van der Waals surface area contributed by atoms with E-state index in [9.17, 15) is 5.11 Å². The van der Waals surface area contributed by atoms with E-state index in [1.807, 2.05) is 0 Å². The Morgan fingerprint density at radius 2 is 2.12 bits per heavy atom. The van der Waals surface area contributed by atoms with Crippen molar-refractivity contribution in [3.05, 3.63) is 22.2 Å². The van der Waals surface area contributed by atoms with Crippen LogP contribution in [-0.2, 0) is 0 Å². The van der Waals surface area contributed by atoms with Crippen molar-refractivity contribution in [1.29, 1.82) is 0 Å². The van der Waals surface area contributed by atoms with Gasteiger partial charge in [-0.2, -0.15) is 0 Å². The van der Waals surface area contributed by atoms with Crippen LogP contribution in [0.15, 0.2) is 12.1 Å². The average molecular weight is 266 g/mol. The van der Waals surface area contributed by atoms with Gasteiger partial charge >= 0.3 is 0 Å². The fraction of sp³-hybridized carbons (Fsp3) is 0.400. The summed E-state index contributed by atoms with van der Waals surface area (Å²) < 4.78 is 5.10. The number of anilines is 1. The van der Waals surface area contributed by atoms with E-state index in [2.05, 4.69) is 5.32 Å². The summed E-state index contributed by atoms with van der Waals surface area (Å²) in [6, 6.07) is 3.20. The van der Waals surface area contributed by atoms with E-state index in [4.69, 9.17) is 33.0 Å². The summed E-state index contributed by atoms with van der Waals surface area (Å²) in [6.07, 6.45) is -0.845. The van der Waals surface area contributed by atoms with Gasteiger partial charge in [0.1, 0.15) is 0 Å². The average Bonchev–Trinajstić information content (AvgIpc) is 2.25. The van der Waals surface area contributed by atoms with Gasteiger partial charge in [0.05, 0.1) is 30.5 Å². The summed E-state index contributed by atoms with van der Waals surface area (Å²) in [6.45, 7) is -0.132. The summed E-state index contributed by atoms with van der Waals surface area (Å²) in [5, 5.41) is 21.6. The van der Waals surface area contributed by atoms with E-state index in [1.54, 1.807) is 12.1 Å². The Balaban J connectivity index is 2.85. The van der Waals surface area contributed by atoms with Gasteiger partial charge in [0.2, 0.25) is 0 Å². The Bertz CT molecular complexity index is 360. The molecule has 0 aliphatic heterocycles. The molecule has 0 heterocycles. The second kappa shape index (κ2) is 6.15. The van der Waals surface area contributed by atoms with Crippen molar-refractivity contribution in [2.45, 2.75) is 6.10 Å². The molecule has 4 nitrogen and oxygen atoms in total. The Labute approximate surface area is 104 Å². The molecular formula is C10H13Cl2NO3. The van der Waals surface area contributed by atoms with E-state index in [1.165, 1.54) is 7.11 Å². The Kier molecular flexibility index (Phi) is 5.15. The van der Waals surface area contributed by atoms with Crippen LogP contribution < -0.4 is 10.1 Å². The Morgan fingerprint density at radius 1 is 1.44 bits per heavy atom. The molecule has 1 atom stereocenters. The highest BCUT2D eigenvalue weighted by Crippen LogP contribution is 2.35. The summed E-state index contributed by atoms with van der Waals surface area (Å²) in [4.78, 5) is 0. The van der Waals surface area contributed by atoms with Gasteiger partial charge in [0.25, 0.3) is 0 Å². The molecule has 16 heavy (non-hydrogen) atoms. The second-order valence-electron chi connectivity index (χ2n) is 3.19. The molecule has 0 aliphatic carbocycles. The lowest BCUT2D eigenvalue weighted by atomic mass is 10.2. The molecule has 0 saturated carbocycles. The molecule has 1 aromatic carbocycles. The Morgan fingerprint density at radius 3 is 2.69 bits per heavy atom. The number of hydrogen-bond donors (Lipinski definition) is 3. The lowest BCUT2D eigenvalue weighted by Gasteiger charge is -2.14. The standard InChI is InChI=1S/C10H13Cl2NO3/c1-16-10-8(12)2-6(11)3-9(10)13-4-7(15)5-14/h2-3,7,13-15H,4-5H2,1H3. The van der Waals surface area contributed by atoms with Crippen LogP contribution in [0.3, 0.4) is 0 Å². The maximum Gasteiger partial charge on any atom is 0.160 e. The predicted molar refractivity (Wildman–Crippen MR) is 64.6 cm³/mol. The van der Waals surface area contributed by atoms with Gasteiger partial charge in [0, 0.05) is 11.6 Å². The summed E-state index contributed by atoms with van der Waals surface area (Å²) >= 11 is 11.8. The van der Waals surface area contributed by atoms with Crippen LogP contribution in [0.4, 0.5) is 5.69 Å². The van der Waals surface area contributed by atoms with Crippen LogP contribution in [0.5, 0.6) is 5.75 Å². The van der Waals surface area contributed by atoms with Gasteiger partial charge in [-0.05, 0) is 12.1 Å². The molecule has 90 valence electrons. The van der Waals surface area contributed by atoms with E-state index in [0.717, 1.165) is 0 Å². The SMILES string of the molecule is COc1c(Cl)cc(Cl)cc1NCC(O)CO. The molecule has 0 saturated heterocycles. The molecule has 0 radical (unpaired) electrons. The summed E-state index contributed by atoms with van der Waals surface area (Å²) in [7, 11) is 1.49. The third-order valence-electron chi connectivity index (χ3n) is 1.95. The van der Waals surface area contributed by atoms with Gasteiger partial charge in [-0.1, -0.05) is 23.2 Å². The predicted octanol–water partition coefficient (Wildman–Crippen LogP) is 1.77. The normalized spacial score (nSPS) is 12.3. The first-order valence-electron chi connectivity index (χ1n) is 4.64. The second-order valence-corrected chi connectivity index (χ2v) is 4.03. The molecule has 0 bridgehead atoms. The number of aliphatic hydroxyl groups excluding tert-OH is 2. The lowest BCUT2D eigenvalue weighted by Crippen LogP contribution is -2.23. The topological polar surface area (TPSA) is 61.7 Å². The van der Waals surface area contributed by atoms with Crippen LogP contribution in [0, 0.1) is 0 Å². The van der Waals surface area contributed by atoms with Crippen molar-refractivity contribution >= 4 is 28.9 Å². The number of ether oxygens (including phenoxy) is 1. The molecule has 0 amide bonds. The van der Waals surface area contributed by atoms with Crippen molar-refractivity contribution in [2.24, 2.45) is 0 Å². The minimum atomic E-state index is -0.845. The molecule has 3 N–H and O–H groups in total. The number of rotatable bonds is 5. The first kappa shape index (κ1) is 13.4. The quantitative estimate of drug-likeness (QED) is 0.760. The van der Waals surface area contributed by atoms with Gasteiger partial charge in [-0.3, -0.25) is 0 Å². The largest absolute Gasteiger partial charge is 0.493 e. The molecular weight excluding hydrogens is 253 g/mol. The molecule has 1 aromatic rings. The van der Waals surface area contributed by atoms with Gasteiger partial charge < -0.3 is 20.3 Å². The van der Waals surface area contributed by atoms with Crippen LogP contribution in [0.1, 0.15) is 0 Å². The van der Waals surface area contributed by atoms with Crippen molar-refractivity contribution in [1.82, 2.24) is 0 Å². The number of nitrogens with one attached hydrogen (secondary N) is 1. The van der Waals surface area contributed by atoms with Crippen molar-refractivity contribution in [3.8, 4) is 5.75 Å². The number of hydrogen-bond acceptors (Lipinski definition) is 4. The fourth-order valence-electron chi connectivity index (χ4n) is 1.19. The fourth-order valence-corrected chi connectivity index (χ4v) is 1.76. The highest BCUT2D eigenvalue weighted by atomic mass is 35.5. The van der Waals surface area contributed by atoms with E-state index >= 15 is 0 Å². The number of aliphatic hydroxyl groups is 2. The highest BCUT2D eigenvalue weighted by molar-refractivity contribution is 6.36.